The molecule has 0 spiro atoms. The third kappa shape index (κ3) is 3.92. The lowest BCUT2D eigenvalue weighted by molar-refractivity contribution is 0.102. The van der Waals surface area contributed by atoms with Gasteiger partial charge in [0.2, 0.25) is 10.0 Å². The van der Waals surface area contributed by atoms with Gasteiger partial charge in [0.25, 0.3) is 5.91 Å². The fourth-order valence-electron chi connectivity index (χ4n) is 3.57. The highest BCUT2D eigenvalue weighted by Crippen LogP contribution is 2.26. The van der Waals surface area contributed by atoms with E-state index in [1.54, 1.807) is 32.9 Å². The molecule has 0 saturated carbocycles. The van der Waals surface area contributed by atoms with E-state index in [0.717, 1.165) is 24.9 Å². The maximum absolute atomic E-state index is 12.9. The molecule has 0 aliphatic heterocycles. The van der Waals surface area contributed by atoms with E-state index in [9.17, 15) is 13.2 Å². The van der Waals surface area contributed by atoms with E-state index in [0.29, 0.717) is 24.2 Å². The minimum atomic E-state index is -3.62. The molecule has 0 aromatic heterocycles. The molecule has 2 aromatic carbocycles. The topological polar surface area (TPSA) is 66.5 Å². The van der Waals surface area contributed by atoms with E-state index >= 15 is 0 Å². The number of sulfonamides is 1. The van der Waals surface area contributed by atoms with Crippen molar-refractivity contribution in [3.63, 3.8) is 0 Å². The first-order valence-electron chi connectivity index (χ1n) is 9.40. The summed E-state index contributed by atoms with van der Waals surface area (Å²) in [6.07, 6.45) is 3.28. The predicted octanol–water partition coefficient (Wildman–Crippen LogP) is 3.77. The Balaban J connectivity index is 1.88. The van der Waals surface area contributed by atoms with E-state index in [4.69, 9.17) is 0 Å². The first-order chi connectivity index (χ1) is 12.9. The normalized spacial score (nSPS) is 13.6. The Hall–Kier alpha value is -2.18. The Kier molecular flexibility index (Phi) is 5.67. The van der Waals surface area contributed by atoms with Crippen LogP contribution in [0.5, 0.6) is 0 Å². The highest BCUT2D eigenvalue weighted by molar-refractivity contribution is 7.89. The summed E-state index contributed by atoms with van der Waals surface area (Å²) in [5, 5.41) is 2.90. The maximum Gasteiger partial charge on any atom is 0.255 e. The van der Waals surface area contributed by atoms with Crippen molar-refractivity contribution in [1.29, 1.82) is 0 Å². The number of nitrogens with zero attached hydrogens (tertiary/aromatic N) is 1. The van der Waals surface area contributed by atoms with Gasteiger partial charge in [0.1, 0.15) is 0 Å². The number of anilines is 1. The third-order valence-corrected chi connectivity index (χ3v) is 7.32. The lowest BCUT2D eigenvalue weighted by Gasteiger charge is -2.20. The number of carbonyl (C=O) groups is 1. The maximum atomic E-state index is 12.9. The van der Waals surface area contributed by atoms with Gasteiger partial charge in [-0.25, -0.2) is 8.42 Å². The summed E-state index contributed by atoms with van der Waals surface area (Å²) in [5.41, 5.74) is 4.34. The molecule has 0 unspecified atom stereocenters. The Morgan fingerprint density at radius 2 is 1.74 bits per heavy atom. The Morgan fingerprint density at radius 3 is 2.44 bits per heavy atom. The number of benzene rings is 2. The Labute approximate surface area is 161 Å². The van der Waals surface area contributed by atoms with Gasteiger partial charge >= 0.3 is 0 Å². The van der Waals surface area contributed by atoms with Crippen LogP contribution in [0.25, 0.3) is 0 Å². The lowest BCUT2D eigenvalue weighted by Crippen LogP contribution is -2.31. The molecular weight excluding hydrogens is 360 g/mol. The van der Waals surface area contributed by atoms with Crippen LogP contribution in [0.4, 0.5) is 5.69 Å². The summed E-state index contributed by atoms with van der Waals surface area (Å²) in [5.74, 6) is -0.302. The summed E-state index contributed by atoms with van der Waals surface area (Å²) in [6.45, 7) is 6.15. The van der Waals surface area contributed by atoms with Gasteiger partial charge in [-0.1, -0.05) is 26.0 Å². The van der Waals surface area contributed by atoms with Crippen molar-refractivity contribution in [2.75, 3.05) is 18.4 Å². The van der Waals surface area contributed by atoms with Crippen molar-refractivity contribution in [2.24, 2.45) is 0 Å². The van der Waals surface area contributed by atoms with Crippen molar-refractivity contribution < 1.29 is 13.2 Å². The third-order valence-electron chi connectivity index (χ3n) is 5.13. The molecule has 0 fully saturated rings. The van der Waals surface area contributed by atoms with Gasteiger partial charge in [0.15, 0.2) is 0 Å². The zero-order chi connectivity index (χ0) is 19.6. The molecule has 0 atom stereocenters. The second kappa shape index (κ2) is 7.82. The van der Waals surface area contributed by atoms with Crippen molar-refractivity contribution in [2.45, 2.75) is 44.9 Å². The summed E-state index contributed by atoms with van der Waals surface area (Å²) in [6, 6.07) is 10.8. The summed E-state index contributed by atoms with van der Waals surface area (Å²) in [7, 11) is -3.62. The highest BCUT2D eigenvalue weighted by atomic mass is 32.2. The highest BCUT2D eigenvalue weighted by Gasteiger charge is 2.24. The van der Waals surface area contributed by atoms with Crippen molar-refractivity contribution in [1.82, 2.24) is 4.31 Å². The monoisotopic (exact) mass is 386 g/mol. The molecule has 5 nitrogen and oxygen atoms in total. The quantitative estimate of drug-likeness (QED) is 0.822. The molecule has 27 heavy (non-hydrogen) atoms. The molecule has 2 aromatic rings. The van der Waals surface area contributed by atoms with Crippen LogP contribution in [0.1, 0.15) is 47.3 Å². The van der Waals surface area contributed by atoms with E-state index < -0.39 is 10.0 Å². The van der Waals surface area contributed by atoms with Crippen LogP contribution in [-0.4, -0.2) is 31.7 Å². The van der Waals surface area contributed by atoms with E-state index in [2.05, 4.69) is 11.4 Å². The predicted molar refractivity (Wildman–Crippen MR) is 108 cm³/mol. The van der Waals surface area contributed by atoms with Gasteiger partial charge in [0, 0.05) is 24.3 Å². The van der Waals surface area contributed by atoms with Gasteiger partial charge in [-0.05, 0) is 67.1 Å². The second-order valence-corrected chi connectivity index (χ2v) is 8.77. The van der Waals surface area contributed by atoms with Crippen molar-refractivity contribution >= 4 is 21.6 Å². The largest absolute Gasteiger partial charge is 0.322 e. The number of carbonyl (C=O) groups excluding carboxylic acids is 1. The number of rotatable bonds is 6. The zero-order valence-electron chi connectivity index (χ0n) is 16.1. The number of hydrogen-bond donors (Lipinski definition) is 1. The number of aryl methyl sites for hydroxylation is 3. The molecule has 1 aliphatic carbocycles. The number of fused-ring (bicyclic) bond motifs is 1. The Morgan fingerprint density at radius 1 is 1.04 bits per heavy atom. The summed E-state index contributed by atoms with van der Waals surface area (Å²) in [4.78, 5) is 12.9. The van der Waals surface area contributed by atoms with Gasteiger partial charge in [-0.3, -0.25) is 4.79 Å². The molecule has 6 heteroatoms. The van der Waals surface area contributed by atoms with Gasteiger partial charge in [0.05, 0.1) is 4.90 Å². The average molecular weight is 387 g/mol. The molecule has 0 saturated heterocycles. The molecule has 1 aliphatic rings. The van der Waals surface area contributed by atoms with Crippen LogP contribution in [-0.2, 0) is 22.9 Å². The Bertz CT molecular complexity index is 963. The van der Waals surface area contributed by atoms with E-state index in [1.807, 2.05) is 12.1 Å². The fraction of sp³-hybridized carbons (Fsp3) is 0.381. The van der Waals surface area contributed by atoms with Crippen LogP contribution in [0.3, 0.4) is 0 Å². The van der Waals surface area contributed by atoms with Gasteiger partial charge in [-0.2, -0.15) is 4.31 Å². The number of nitrogens with one attached hydrogen (secondary N) is 1. The number of hydrogen-bond acceptors (Lipinski definition) is 3. The average Bonchev–Trinajstić information content (AvgIpc) is 3.10. The van der Waals surface area contributed by atoms with Crippen LogP contribution in [0, 0.1) is 6.92 Å². The molecule has 0 radical (unpaired) electrons. The first kappa shape index (κ1) is 19.6. The lowest BCUT2D eigenvalue weighted by atomic mass is 10.1. The smallest absolute Gasteiger partial charge is 0.255 e. The molecule has 1 N–H and O–H groups in total. The minimum Gasteiger partial charge on any atom is -0.322 e. The molecule has 144 valence electrons. The molecule has 0 bridgehead atoms. The zero-order valence-corrected chi connectivity index (χ0v) is 16.9. The minimum absolute atomic E-state index is 0.188. The summed E-state index contributed by atoms with van der Waals surface area (Å²) >= 11 is 0. The molecule has 0 heterocycles. The van der Waals surface area contributed by atoms with Crippen LogP contribution >= 0.6 is 0 Å². The standard InChI is InChI=1S/C21H26N2O3S/c1-4-23(5-2)27(25,26)20-14-18(10-9-15(20)3)21(24)22-19-12-11-16-7-6-8-17(16)13-19/h9-14H,4-8H2,1-3H3,(H,22,24). The van der Waals surface area contributed by atoms with Crippen LogP contribution < -0.4 is 5.32 Å². The SMILES string of the molecule is CCN(CC)S(=O)(=O)c1cc(C(=O)Nc2ccc3c(c2)CCC3)ccc1C. The van der Waals surface area contributed by atoms with Gasteiger partial charge < -0.3 is 5.32 Å². The second-order valence-electron chi connectivity index (χ2n) is 6.86. The van der Waals surface area contributed by atoms with Crippen molar-refractivity contribution in [3.05, 3.63) is 58.7 Å². The molecule has 3 rings (SSSR count). The van der Waals surface area contributed by atoms with E-state index in [-0.39, 0.29) is 10.8 Å². The first-order valence-corrected chi connectivity index (χ1v) is 10.8. The van der Waals surface area contributed by atoms with Crippen molar-refractivity contribution in [3.8, 4) is 0 Å². The van der Waals surface area contributed by atoms with E-state index in [1.165, 1.54) is 21.5 Å². The van der Waals surface area contributed by atoms with Crippen LogP contribution in [0.2, 0.25) is 0 Å². The number of amides is 1. The summed E-state index contributed by atoms with van der Waals surface area (Å²) < 4.78 is 27.1. The fourth-order valence-corrected chi connectivity index (χ4v) is 5.28. The molecular formula is C21H26N2O3S. The van der Waals surface area contributed by atoms with Gasteiger partial charge in [-0.15, -0.1) is 0 Å². The van der Waals surface area contributed by atoms with Crippen LogP contribution in [0.15, 0.2) is 41.3 Å². The molecule has 1 amide bonds.